The maximum absolute atomic E-state index is 5.64. The van der Waals surface area contributed by atoms with E-state index in [9.17, 15) is 0 Å². The molecule has 0 aliphatic heterocycles. The second kappa shape index (κ2) is 7.46. The van der Waals surface area contributed by atoms with Crippen molar-refractivity contribution in [3.05, 3.63) is 43.0 Å². The minimum Gasteiger partial charge on any atom is -0.494 e. The monoisotopic (exact) mass is 259 g/mol. The molecule has 0 atom stereocenters. The van der Waals surface area contributed by atoms with Crippen molar-refractivity contribution in [1.82, 2.24) is 9.55 Å². The highest BCUT2D eigenvalue weighted by Crippen LogP contribution is 2.13. The third-order valence-corrected chi connectivity index (χ3v) is 3.02. The molecule has 0 saturated carbocycles. The van der Waals surface area contributed by atoms with E-state index in [2.05, 4.69) is 9.55 Å². The third-order valence-electron chi connectivity index (χ3n) is 3.02. The summed E-state index contributed by atoms with van der Waals surface area (Å²) < 4.78 is 7.76. The van der Waals surface area contributed by atoms with Crippen LogP contribution in [0.4, 0.5) is 5.69 Å². The number of hydrogen-bond donors (Lipinski definition) is 1. The van der Waals surface area contributed by atoms with E-state index in [1.165, 1.54) is 19.3 Å². The Hall–Kier alpha value is -1.97. The van der Waals surface area contributed by atoms with Gasteiger partial charge in [-0.1, -0.05) is 12.8 Å². The maximum atomic E-state index is 5.64. The zero-order chi connectivity index (χ0) is 13.3. The van der Waals surface area contributed by atoms with Crippen LogP contribution >= 0.6 is 0 Å². The van der Waals surface area contributed by atoms with Crippen LogP contribution in [0, 0.1) is 0 Å². The van der Waals surface area contributed by atoms with Gasteiger partial charge in [0.1, 0.15) is 5.75 Å². The quantitative estimate of drug-likeness (QED) is 0.585. The van der Waals surface area contributed by atoms with Crippen molar-refractivity contribution in [3.8, 4) is 5.75 Å². The van der Waals surface area contributed by atoms with Gasteiger partial charge in [-0.3, -0.25) is 0 Å². The van der Waals surface area contributed by atoms with Gasteiger partial charge < -0.3 is 15.0 Å². The lowest BCUT2D eigenvalue weighted by Gasteiger charge is -2.06. The van der Waals surface area contributed by atoms with Gasteiger partial charge in [0.25, 0.3) is 0 Å². The first-order valence-corrected chi connectivity index (χ1v) is 6.79. The van der Waals surface area contributed by atoms with Crippen molar-refractivity contribution >= 4 is 5.69 Å². The van der Waals surface area contributed by atoms with Crippen molar-refractivity contribution in [3.63, 3.8) is 0 Å². The summed E-state index contributed by atoms with van der Waals surface area (Å²) in [7, 11) is 0. The maximum Gasteiger partial charge on any atom is 0.119 e. The lowest BCUT2D eigenvalue weighted by atomic mass is 10.2. The van der Waals surface area contributed by atoms with Crippen molar-refractivity contribution in [2.75, 3.05) is 12.3 Å². The smallest absolute Gasteiger partial charge is 0.119 e. The summed E-state index contributed by atoms with van der Waals surface area (Å²) in [5.74, 6) is 0.896. The number of aromatic nitrogens is 2. The van der Waals surface area contributed by atoms with Crippen LogP contribution in [0.25, 0.3) is 0 Å². The molecule has 0 aliphatic rings. The fraction of sp³-hybridized carbons (Fsp3) is 0.400. The summed E-state index contributed by atoms with van der Waals surface area (Å²) in [5.41, 5.74) is 6.38. The van der Waals surface area contributed by atoms with E-state index >= 15 is 0 Å². The van der Waals surface area contributed by atoms with Gasteiger partial charge in [0.05, 0.1) is 12.9 Å². The highest BCUT2D eigenvalue weighted by Gasteiger charge is 1.95. The Morgan fingerprint density at radius 1 is 1.05 bits per heavy atom. The number of hydrogen-bond acceptors (Lipinski definition) is 3. The highest BCUT2D eigenvalue weighted by atomic mass is 16.5. The number of nitrogens with zero attached hydrogens (tertiary/aromatic N) is 2. The van der Waals surface area contributed by atoms with Gasteiger partial charge in [-0.2, -0.15) is 0 Å². The molecule has 0 spiro atoms. The molecule has 2 N–H and O–H groups in total. The van der Waals surface area contributed by atoms with E-state index in [1.807, 2.05) is 43.0 Å². The van der Waals surface area contributed by atoms with E-state index in [4.69, 9.17) is 10.5 Å². The van der Waals surface area contributed by atoms with Crippen molar-refractivity contribution in [2.24, 2.45) is 0 Å². The van der Waals surface area contributed by atoms with Crippen molar-refractivity contribution in [1.29, 1.82) is 0 Å². The highest BCUT2D eigenvalue weighted by molar-refractivity contribution is 5.41. The van der Waals surface area contributed by atoms with Crippen LogP contribution in [0.2, 0.25) is 0 Å². The number of nitrogen functional groups attached to an aromatic ring is 1. The molecular formula is C15H21N3O. The third kappa shape index (κ3) is 5.04. The van der Waals surface area contributed by atoms with Crippen LogP contribution in [-0.4, -0.2) is 16.2 Å². The molecule has 0 radical (unpaired) electrons. The van der Waals surface area contributed by atoms with Gasteiger partial charge >= 0.3 is 0 Å². The Morgan fingerprint density at radius 3 is 2.58 bits per heavy atom. The molecule has 4 nitrogen and oxygen atoms in total. The molecule has 0 bridgehead atoms. The molecule has 0 aliphatic carbocycles. The Labute approximate surface area is 114 Å². The first-order chi connectivity index (χ1) is 9.34. The second-order valence-corrected chi connectivity index (χ2v) is 4.63. The first-order valence-electron chi connectivity index (χ1n) is 6.79. The average Bonchev–Trinajstić information content (AvgIpc) is 2.93. The fourth-order valence-corrected chi connectivity index (χ4v) is 1.92. The largest absolute Gasteiger partial charge is 0.494 e. The fourth-order valence-electron chi connectivity index (χ4n) is 1.92. The van der Waals surface area contributed by atoms with Crippen molar-refractivity contribution in [2.45, 2.75) is 32.2 Å². The van der Waals surface area contributed by atoms with E-state index in [0.717, 1.165) is 31.0 Å². The van der Waals surface area contributed by atoms with Crippen molar-refractivity contribution < 1.29 is 4.74 Å². The molecule has 1 heterocycles. The second-order valence-electron chi connectivity index (χ2n) is 4.63. The molecule has 4 heteroatoms. The molecule has 0 saturated heterocycles. The summed E-state index contributed by atoms with van der Waals surface area (Å²) >= 11 is 0. The lowest BCUT2D eigenvalue weighted by Crippen LogP contribution is -1.98. The molecule has 1 aromatic carbocycles. The number of anilines is 1. The molecule has 19 heavy (non-hydrogen) atoms. The Kier molecular flexibility index (Phi) is 5.29. The van der Waals surface area contributed by atoms with Crippen LogP contribution in [0.3, 0.4) is 0 Å². The van der Waals surface area contributed by atoms with E-state index in [1.54, 1.807) is 0 Å². The number of ether oxygens (including phenoxy) is 1. The van der Waals surface area contributed by atoms with Gasteiger partial charge in [-0.15, -0.1) is 0 Å². The SMILES string of the molecule is Nc1ccc(OCCCCCCn2ccnc2)cc1. The summed E-state index contributed by atoms with van der Waals surface area (Å²) in [6, 6.07) is 7.55. The summed E-state index contributed by atoms with van der Waals surface area (Å²) in [5, 5.41) is 0. The lowest BCUT2D eigenvalue weighted by molar-refractivity contribution is 0.304. The Bertz CT molecular complexity index is 451. The first kappa shape index (κ1) is 13.5. The molecule has 1 aromatic heterocycles. The van der Waals surface area contributed by atoms with E-state index in [-0.39, 0.29) is 0 Å². The van der Waals surface area contributed by atoms with Gasteiger partial charge in [-0.05, 0) is 37.1 Å². The standard InChI is InChI=1S/C15H21N3O/c16-14-5-7-15(8-6-14)19-12-4-2-1-3-10-18-11-9-17-13-18/h5-9,11,13H,1-4,10,12,16H2. The molecule has 0 amide bonds. The van der Waals surface area contributed by atoms with Gasteiger partial charge in [-0.25, -0.2) is 4.98 Å². The topological polar surface area (TPSA) is 53.1 Å². The minimum atomic E-state index is 0.770. The summed E-state index contributed by atoms with van der Waals surface area (Å²) in [6.07, 6.45) is 10.4. The van der Waals surface area contributed by atoms with Crippen LogP contribution < -0.4 is 10.5 Å². The van der Waals surface area contributed by atoms with E-state index < -0.39 is 0 Å². The van der Waals surface area contributed by atoms with Crippen LogP contribution in [0.1, 0.15) is 25.7 Å². The predicted molar refractivity (Wildman–Crippen MR) is 77.0 cm³/mol. The number of imidazole rings is 1. The molecule has 2 aromatic rings. The normalized spacial score (nSPS) is 10.5. The number of rotatable bonds is 8. The predicted octanol–water partition coefficient (Wildman–Crippen LogP) is 3.10. The average molecular weight is 259 g/mol. The number of nitrogens with two attached hydrogens (primary N) is 1. The number of unbranched alkanes of at least 4 members (excludes halogenated alkanes) is 3. The summed E-state index contributed by atoms with van der Waals surface area (Å²) in [4.78, 5) is 4.02. The zero-order valence-corrected chi connectivity index (χ0v) is 11.2. The van der Waals surface area contributed by atoms with Gasteiger partial charge in [0.2, 0.25) is 0 Å². The van der Waals surface area contributed by atoms with Gasteiger partial charge in [0, 0.05) is 24.6 Å². The van der Waals surface area contributed by atoms with Crippen LogP contribution in [-0.2, 0) is 6.54 Å². The number of benzene rings is 1. The van der Waals surface area contributed by atoms with Crippen LogP contribution in [0.15, 0.2) is 43.0 Å². The Morgan fingerprint density at radius 2 is 1.84 bits per heavy atom. The zero-order valence-electron chi connectivity index (χ0n) is 11.2. The van der Waals surface area contributed by atoms with Crippen LogP contribution in [0.5, 0.6) is 5.75 Å². The molecule has 0 unspecified atom stereocenters. The molecule has 0 fully saturated rings. The Balaban J connectivity index is 1.49. The number of aryl methyl sites for hydroxylation is 1. The molecule has 102 valence electrons. The van der Waals surface area contributed by atoms with Gasteiger partial charge in [0.15, 0.2) is 0 Å². The molecular weight excluding hydrogens is 238 g/mol. The van der Waals surface area contributed by atoms with E-state index in [0.29, 0.717) is 0 Å². The summed E-state index contributed by atoms with van der Waals surface area (Å²) in [6.45, 7) is 1.83. The molecule has 2 rings (SSSR count). The minimum absolute atomic E-state index is 0.770.